The van der Waals surface area contributed by atoms with Crippen molar-refractivity contribution in [1.29, 1.82) is 0 Å². The van der Waals surface area contributed by atoms with Gasteiger partial charge < -0.3 is 18.9 Å². The van der Waals surface area contributed by atoms with Crippen molar-refractivity contribution in [3.05, 3.63) is 84.0 Å². The molecule has 0 saturated carbocycles. The Bertz CT molecular complexity index is 1580. The highest BCUT2D eigenvalue weighted by Crippen LogP contribution is 2.36. The van der Waals surface area contributed by atoms with Crippen LogP contribution >= 0.6 is 11.3 Å². The second kappa shape index (κ2) is 12.3. The number of aromatic nitrogens is 1. The predicted octanol–water partition coefficient (Wildman–Crippen LogP) is 4.30. The summed E-state index contributed by atoms with van der Waals surface area (Å²) in [5.41, 5.74) is 3.15. The molecule has 4 rings (SSSR count). The highest BCUT2D eigenvalue weighted by Gasteiger charge is 2.34. The van der Waals surface area contributed by atoms with Gasteiger partial charge in [-0.1, -0.05) is 36.8 Å². The molecular formula is C30H34N2O6S. The molecule has 0 N–H and O–H groups in total. The summed E-state index contributed by atoms with van der Waals surface area (Å²) in [5.74, 6) is 1.37. The van der Waals surface area contributed by atoms with E-state index in [9.17, 15) is 9.59 Å². The molecule has 0 amide bonds. The largest absolute Gasteiger partial charge is 0.497 e. The third kappa shape index (κ3) is 5.78. The van der Waals surface area contributed by atoms with Gasteiger partial charge in [0, 0.05) is 0 Å². The first-order valence-electron chi connectivity index (χ1n) is 13.0. The molecule has 9 heteroatoms. The van der Waals surface area contributed by atoms with Gasteiger partial charge in [-0.05, 0) is 74.2 Å². The van der Waals surface area contributed by atoms with Crippen LogP contribution in [0.1, 0.15) is 56.3 Å². The van der Waals surface area contributed by atoms with Crippen molar-refractivity contribution >= 4 is 23.4 Å². The third-order valence-corrected chi connectivity index (χ3v) is 7.52. The molecule has 0 saturated heterocycles. The maximum absolute atomic E-state index is 13.9. The average Bonchev–Trinajstić information content (AvgIpc) is 3.23. The molecule has 1 unspecified atom stereocenters. The molecule has 206 valence electrons. The minimum atomic E-state index is -0.738. The van der Waals surface area contributed by atoms with Gasteiger partial charge in [-0.3, -0.25) is 9.36 Å². The van der Waals surface area contributed by atoms with Crippen LogP contribution in [-0.4, -0.2) is 38.0 Å². The van der Waals surface area contributed by atoms with E-state index in [4.69, 9.17) is 18.9 Å². The summed E-state index contributed by atoms with van der Waals surface area (Å²) < 4.78 is 24.3. The molecule has 0 aliphatic carbocycles. The maximum atomic E-state index is 13.9. The molecule has 0 spiro atoms. The normalized spacial score (nSPS) is 15.0. The molecule has 2 aromatic carbocycles. The number of aryl methyl sites for hydroxylation is 1. The fourth-order valence-corrected chi connectivity index (χ4v) is 5.52. The number of carbonyl (C=O) groups excluding carboxylic acids is 1. The minimum Gasteiger partial charge on any atom is -0.497 e. The van der Waals surface area contributed by atoms with Crippen LogP contribution in [0.25, 0.3) is 6.08 Å². The Labute approximate surface area is 231 Å². The number of hydrogen-bond acceptors (Lipinski definition) is 8. The molecule has 8 nitrogen and oxygen atoms in total. The molecule has 1 aromatic heterocycles. The summed E-state index contributed by atoms with van der Waals surface area (Å²) in [6, 6.07) is 10.5. The van der Waals surface area contributed by atoms with Gasteiger partial charge in [0.15, 0.2) is 16.3 Å². The van der Waals surface area contributed by atoms with Gasteiger partial charge in [0.25, 0.3) is 5.56 Å². The summed E-state index contributed by atoms with van der Waals surface area (Å²) in [4.78, 5) is 32.2. The fraction of sp³-hybridized carbons (Fsp3) is 0.367. The monoisotopic (exact) mass is 550 g/mol. The van der Waals surface area contributed by atoms with Gasteiger partial charge >= 0.3 is 5.97 Å². The third-order valence-electron chi connectivity index (χ3n) is 6.54. The first-order chi connectivity index (χ1) is 18.8. The number of carbonyl (C=O) groups is 1. The zero-order valence-corrected chi connectivity index (χ0v) is 24.0. The Morgan fingerprint density at radius 3 is 2.54 bits per heavy atom. The van der Waals surface area contributed by atoms with E-state index in [0.29, 0.717) is 44.3 Å². The Kier molecular flexibility index (Phi) is 8.91. The van der Waals surface area contributed by atoms with Crippen LogP contribution in [0.5, 0.6) is 17.2 Å². The Morgan fingerprint density at radius 1 is 1.08 bits per heavy atom. The van der Waals surface area contributed by atoms with Gasteiger partial charge in [0.2, 0.25) is 0 Å². The number of ether oxygens (including phenoxy) is 4. The van der Waals surface area contributed by atoms with E-state index in [2.05, 4.69) is 11.9 Å². The molecule has 39 heavy (non-hydrogen) atoms. The van der Waals surface area contributed by atoms with Crippen molar-refractivity contribution in [2.75, 3.05) is 27.4 Å². The van der Waals surface area contributed by atoms with Gasteiger partial charge in [-0.25, -0.2) is 9.79 Å². The first-order valence-corrected chi connectivity index (χ1v) is 13.8. The van der Waals surface area contributed by atoms with E-state index in [0.717, 1.165) is 29.7 Å². The summed E-state index contributed by atoms with van der Waals surface area (Å²) in [5, 5.41) is 0. The summed E-state index contributed by atoms with van der Waals surface area (Å²) in [6.07, 6.45) is 3.78. The SMILES string of the molecule is CCCCOc1ccc(C2C(C(=O)OCC)=C(C)N=c3sc(=Cc4ccc(OC)cc4C)c(=O)n32)cc1OC. The molecule has 0 fully saturated rings. The number of benzene rings is 2. The lowest BCUT2D eigenvalue weighted by Gasteiger charge is -2.25. The van der Waals surface area contributed by atoms with Crippen molar-refractivity contribution in [1.82, 2.24) is 4.57 Å². The van der Waals surface area contributed by atoms with Crippen LogP contribution in [0, 0.1) is 6.92 Å². The second-order valence-electron chi connectivity index (χ2n) is 9.14. The smallest absolute Gasteiger partial charge is 0.338 e. The Balaban J connectivity index is 1.89. The molecule has 1 aliphatic rings. The Morgan fingerprint density at radius 2 is 1.87 bits per heavy atom. The number of hydrogen-bond donors (Lipinski definition) is 0. The molecule has 1 atom stereocenters. The van der Waals surface area contributed by atoms with Crippen molar-refractivity contribution in [2.45, 2.75) is 46.6 Å². The highest BCUT2D eigenvalue weighted by atomic mass is 32.1. The van der Waals surface area contributed by atoms with Crippen molar-refractivity contribution < 1.29 is 23.7 Å². The lowest BCUT2D eigenvalue weighted by molar-refractivity contribution is -0.139. The zero-order chi connectivity index (χ0) is 28.1. The van der Waals surface area contributed by atoms with E-state index in [1.807, 2.05) is 49.4 Å². The molecule has 3 aromatic rings. The predicted molar refractivity (Wildman–Crippen MR) is 152 cm³/mol. The number of allylic oxidation sites excluding steroid dienone is 1. The van der Waals surface area contributed by atoms with Gasteiger partial charge in [-0.2, -0.15) is 0 Å². The summed E-state index contributed by atoms with van der Waals surface area (Å²) in [6.45, 7) is 8.36. The number of fused-ring (bicyclic) bond motifs is 1. The molecule has 0 bridgehead atoms. The van der Waals surface area contributed by atoms with E-state index in [1.54, 1.807) is 32.6 Å². The molecular weight excluding hydrogens is 516 g/mol. The number of thiazole rings is 1. The van der Waals surface area contributed by atoms with Crippen LogP contribution in [-0.2, 0) is 9.53 Å². The first kappa shape index (κ1) is 28.2. The number of nitrogens with zero attached hydrogens (tertiary/aromatic N) is 2. The van der Waals surface area contributed by atoms with Crippen molar-refractivity contribution in [2.24, 2.45) is 4.99 Å². The van der Waals surface area contributed by atoms with E-state index in [1.165, 1.54) is 11.3 Å². The van der Waals surface area contributed by atoms with Crippen LogP contribution in [0.3, 0.4) is 0 Å². The van der Waals surface area contributed by atoms with Crippen molar-refractivity contribution in [3.63, 3.8) is 0 Å². The zero-order valence-electron chi connectivity index (χ0n) is 23.2. The lowest BCUT2D eigenvalue weighted by atomic mass is 9.95. The van der Waals surface area contributed by atoms with Crippen molar-refractivity contribution in [3.8, 4) is 17.2 Å². The second-order valence-corrected chi connectivity index (χ2v) is 10.1. The number of rotatable bonds is 10. The highest BCUT2D eigenvalue weighted by molar-refractivity contribution is 7.07. The molecule has 1 aliphatic heterocycles. The quantitative estimate of drug-likeness (QED) is 0.276. The van der Waals surface area contributed by atoms with Gasteiger partial charge in [0.1, 0.15) is 5.75 Å². The summed E-state index contributed by atoms with van der Waals surface area (Å²) in [7, 11) is 3.19. The van der Waals surface area contributed by atoms with E-state index in [-0.39, 0.29) is 12.2 Å². The number of unbranched alkanes of at least 4 members (excludes halogenated alkanes) is 1. The average molecular weight is 551 g/mol. The lowest BCUT2D eigenvalue weighted by Crippen LogP contribution is -2.40. The van der Waals surface area contributed by atoms with Gasteiger partial charge in [0.05, 0.1) is 49.3 Å². The van der Waals surface area contributed by atoms with Crippen LogP contribution in [0.15, 0.2) is 57.5 Å². The van der Waals surface area contributed by atoms with Gasteiger partial charge in [-0.15, -0.1) is 0 Å². The number of methoxy groups -OCH3 is 2. The van der Waals surface area contributed by atoms with E-state index >= 15 is 0 Å². The molecule has 2 heterocycles. The van der Waals surface area contributed by atoms with Crippen LogP contribution in [0.2, 0.25) is 0 Å². The van der Waals surface area contributed by atoms with Crippen LogP contribution in [0.4, 0.5) is 0 Å². The maximum Gasteiger partial charge on any atom is 0.338 e. The van der Waals surface area contributed by atoms with E-state index < -0.39 is 12.0 Å². The topological polar surface area (TPSA) is 88.4 Å². The molecule has 0 radical (unpaired) electrons. The fourth-order valence-electron chi connectivity index (χ4n) is 4.49. The number of esters is 1. The minimum absolute atomic E-state index is 0.205. The van der Waals surface area contributed by atoms with Crippen LogP contribution < -0.4 is 29.1 Å². The standard InChI is InChI=1S/C30H34N2O6S/c1-7-9-14-38-23-13-11-21(16-24(23)36-6)27-26(29(34)37-8-2)19(4)31-30-32(27)28(33)25(39-30)17-20-10-12-22(35-5)15-18(20)3/h10-13,15-17,27H,7-9,14H2,1-6H3. The Hall–Kier alpha value is -3.85. The summed E-state index contributed by atoms with van der Waals surface area (Å²) >= 11 is 1.29.